The molecule has 0 saturated carbocycles. The van der Waals surface area contributed by atoms with E-state index in [2.05, 4.69) is 10.6 Å². The van der Waals surface area contributed by atoms with Gasteiger partial charge in [0.25, 0.3) is 5.91 Å². The van der Waals surface area contributed by atoms with Crippen LogP contribution in [-0.2, 0) is 21.5 Å². The van der Waals surface area contributed by atoms with Gasteiger partial charge in [0.1, 0.15) is 0 Å². The number of carbonyl (C=O) groups is 3. The van der Waals surface area contributed by atoms with Crippen LogP contribution in [0.1, 0.15) is 25.0 Å². The molecule has 158 valence electrons. The number of hydrogen-bond acceptors (Lipinski definition) is 4. The second kappa shape index (κ2) is 9.09. The van der Waals surface area contributed by atoms with E-state index in [9.17, 15) is 14.4 Å². The third-order valence-corrected chi connectivity index (χ3v) is 5.00. The Balaban J connectivity index is 1.84. The first-order valence-corrected chi connectivity index (χ1v) is 10.0. The Morgan fingerprint density at radius 3 is 2.27 bits per heavy atom. The fourth-order valence-corrected chi connectivity index (χ4v) is 3.70. The van der Waals surface area contributed by atoms with Crippen molar-refractivity contribution in [2.24, 2.45) is 0 Å². The topological polar surface area (TPSA) is 81.8 Å². The normalized spacial score (nSPS) is 18.8. The SMILES string of the molecule is CC(C)NC(=O)CN(C)CN1C(=O)N[C@@](Cc2ccccc2)(c2ccccc2)C1=O. The van der Waals surface area contributed by atoms with Gasteiger partial charge in [-0.2, -0.15) is 0 Å². The summed E-state index contributed by atoms with van der Waals surface area (Å²) in [6, 6.07) is 18.5. The van der Waals surface area contributed by atoms with Crippen molar-refractivity contribution in [3.63, 3.8) is 0 Å². The molecule has 0 radical (unpaired) electrons. The molecule has 1 aliphatic heterocycles. The van der Waals surface area contributed by atoms with Crippen molar-refractivity contribution in [3.8, 4) is 0 Å². The quantitative estimate of drug-likeness (QED) is 0.656. The number of carbonyl (C=O) groups excluding carboxylic acids is 3. The van der Waals surface area contributed by atoms with E-state index < -0.39 is 11.6 Å². The maximum absolute atomic E-state index is 13.6. The van der Waals surface area contributed by atoms with Crippen molar-refractivity contribution in [2.45, 2.75) is 31.8 Å². The van der Waals surface area contributed by atoms with Crippen molar-refractivity contribution >= 4 is 17.8 Å². The first kappa shape index (κ1) is 21.5. The van der Waals surface area contributed by atoms with Crippen molar-refractivity contribution < 1.29 is 14.4 Å². The summed E-state index contributed by atoms with van der Waals surface area (Å²) >= 11 is 0. The second-order valence-corrected chi connectivity index (χ2v) is 7.97. The molecule has 1 aliphatic rings. The number of urea groups is 1. The Labute approximate surface area is 177 Å². The molecule has 2 aromatic carbocycles. The molecule has 0 aromatic heterocycles. The molecule has 1 heterocycles. The maximum atomic E-state index is 13.6. The largest absolute Gasteiger partial charge is 0.353 e. The number of nitrogens with one attached hydrogen (secondary N) is 2. The van der Waals surface area contributed by atoms with Crippen LogP contribution >= 0.6 is 0 Å². The number of imide groups is 1. The molecule has 0 aliphatic carbocycles. The third kappa shape index (κ3) is 4.68. The minimum Gasteiger partial charge on any atom is -0.353 e. The smallest absolute Gasteiger partial charge is 0.326 e. The van der Waals surface area contributed by atoms with Gasteiger partial charge in [-0.1, -0.05) is 60.7 Å². The number of likely N-dealkylation sites (N-methyl/N-ethyl adjacent to an activating group) is 1. The van der Waals surface area contributed by atoms with Crippen LogP contribution in [0.25, 0.3) is 0 Å². The molecule has 2 N–H and O–H groups in total. The Kier molecular flexibility index (Phi) is 6.52. The number of rotatable bonds is 8. The van der Waals surface area contributed by atoms with Gasteiger partial charge >= 0.3 is 6.03 Å². The zero-order valence-electron chi connectivity index (χ0n) is 17.6. The molecule has 0 bridgehead atoms. The summed E-state index contributed by atoms with van der Waals surface area (Å²) in [5, 5.41) is 5.74. The van der Waals surface area contributed by atoms with Crippen LogP contribution in [0.3, 0.4) is 0 Å². The van der Waals surface area contributed by atoms with Gasteiger partial charge in [-0.3, -0.25) is 14.5 Å². The minimum absolute atomic E-state index is 0.0271. The summed E-state index contributed by atoms with van der Waals surface area (Å²) in [6.07, 6.45) is 0.344. The lowest BCUT2D eigenvalue weighted by Crippen LogP contribution is -2.47. The van der Waals surface area contributed by atoms with E-state index in [4.69, 9.17) is 0 Å². The Bertz CT molecular complexity index is 901. The van der Waals surface area contributed by atoms with Crippen LogP contribution in [0.2, 0.25) is 0 Å². The summed E-state index contributed by atoms with van der Waals surface area (Å²) in [4.78, 5) is 41.3. The van der Waals surface area contributed by atoms with E-state index in [1.807, 2.05) is 74.5 Å². The van der Waals surface area contributed by atoms with Gasteiger partial charge in [-0.25, -0.2) is 9.69 Å². The number of hydrogen-bond donors (Lipinski definition) is 2. The molecule has 3 rings (SSSR count). The Morgan fingerprint density at radius 2 is 1.67 bits per heavy atom. The second-order valence-electron chi connectivity index (χ2n) is 7.97. The molecule has 1 saturated heterocycles. The van der Waals surface area contributed by atoms with Crippen LogP contribution in [0.15, 0.2) is 60.7 Å². The fraction of sp³-hybridized carbons (Fsp3) is 0.348. The maximum Gasteiger partial charge on any atom is 0.326 e. The molecule has 0 spiro atoms. The van der Waals surface area contributed by atoms with Crippen molar-refractivity contribution in [3.05, 3.63) is 71.8 Å². The average molecular weight is 409 g/mol. The first-order valence-electron chi connectivity index (χ1n) is 10.0. The van der Waals surface area contributed by atoms with Gasteiger partial charge in [0.05, 0.1) is 13.2 Å². The molecular formula is C23H28N4O3. The molecule has 2 aromatic rings. The molecule has 1 atom stereocenters. The van der Waals surface area contributed by atoms with E-state index in [0.717, 1.165) is 11.1 Å². The summed E-state index contributed by atoms with van der Waals surface area (Å²) in [5.41, 5.74) is 0.497. The predicted molar refractivity (Wildman–Crippen MR) is 114 cm³/mol. The minimum atomic E-state index is -1.18. The van der Waals surface area contributed by atoms with Gasteiger partial charge < -0.3 is 10.6 Å². The van der Waals surface area contributed by atoms with E-state index >= 15 is 0 Å². The summed E-state index contributed by atoms with van der Waals surface area (Å²) < 4.78 is 0. The fourth-order valence-electron chi connectivity index (χ4n) is 3.70. The Hall–Kier alpha value is -3.19. The van der Waals surface area contributed by atoms with Gasteiger partial charge in [0.15, 0.2) is 5.54 Å². The van der Waals surface area contributed by atoms with Crippen molar-refractivity contribution in [2.75, 3.05) is 20.3 Å². The Morgan fingerprint density at radius 1 is 1.07 bits per heavy atom. The molecule has 7 heteroatoms. The number of benzene rings is 2. The number of amides is 4. The van der Waals surface area contributed by atoms with E-state index in [1.54, 1.807) is 11.9 Å². The van der Waals surface area contributed by atoms with Crippen molar-refractivity contribution in [1.82, 2.24) is 20.4 Å². The van der Waals surface area contributed by atoms with E-state index in [1.165, 1.54) is 4.90 Å². The molecule has 7 nitrogen and oxygen atoms in total. The highest BCUT2D eigenvalue weighted by molar-refractivity contribution is 6.07. The zero-order chi connectivity index (χ0) is 21.7. The van der Waals surface area contributed by atoms with E-state index in [0.29, 0.717) is 6.42 Å². The highest BCUT2D eigenvalue weighted by Crippen LogP contribution is 2.33. The van der Waals surface area contributed by atoms with Gasteiger partial charge in [0.2, 0.25) is 5.91 Å². The predicted octanol–water partition coefficient (Wildman–Crippen LogP) is 2.09. The summed E-state index contributed by atoms with van der Waals surface area (Å²) in [7, 11) is 1.71. The lowest BCUT2D eigenvalue weighted by atomic mass is 9.83. The molecule has 4 amide bonds. The molecule has 0 unspecified atom stereocenters. The van der Waals surface area contributed by atoms with Crippen LogP contribution in [-0.4, -0.2) is 53.9 Å². The van der Waals surface area contributed by atoms with E-state index in [-0.39, 0.29) is 31.1 Å². The number of nitrogens with zero attached hydrogens (tertiary/aromatic N) is 2. The highest BCUT2D eigenvalue weighted by Gasteiger charge is 2.52. The van der Waals surface area contributed by atoms with Crippen LogP contribution < -0.4 is 10.6 Å². The van der Waals surface area contributed by atoms with Gasteiger partial charge in [0, 0.05) is 12.5 Å². The molecule has 30 heavy (non-hydrogen) atoms. The summed E-state index contributed by atoms with van der Waals surface area (Å²) in [6.45, 7) is 3.88. The average Bonchev–Trinajstić information content (AvgIpc) is 2.93. The van der Waals surface area contributed by atoms with Crippen molar-refractivity contribution in [1.29, 1.82) is 0 Å². The third-order valence-electron chi connectivity index (χ3n) is 5.00. The zero-order valence-corrected chi connectivity index (χ0v) is 17.6. The lowest BCUT2D eigenvalue weighted by Gasteiger charge is -2.28. The van der Waals surface area contributed by atoms with Crippen LogP contribution in [0, 0.1) is 0 Å². The summed E-state index contributed by atoms with van der Waals surface area (Å²) in [5.74, 6) is -0.475. The van der Waals surface area contributed by atoms with Crippen LogP contribution in [0.4, 0.5) is 4.79 Å². The first-order chi connectivity index (χ1) is 14.3. The van der Waals surface area contributed by atoms with Gasteiger partial charge in [-0.15, -0.1) is 0 Å². The van der Waals surface area contributed by atoms with Gasteiger partial charge in [-0.05, 0) is 32.0 Å². The lowest BCUT2D eigenvalue weighted by molar-refractivity contribution is -0.134. The standard InChI is InChI=1S/C23H28N4O3/c1-17(2)24-20(28)15-26(3)16-27-21(29)23(25-22(27)30,19-12-8-5-9-13-19)14-18-10-6-4-7-11-18/h4-13,17H,14-16H2,1-3H3,(H,24,28)(H,25,30)/t23-/m0/s1. The monoisotopic (exact) mass is 408 g/mol. The highest BCUT2D eigenvalue weighted by atomic mass is 16.2. The molecule has 1 fully saturated rings. The van der Waals surface area contributed by atoms with Crippen LogP contribution in [0.5, 0.6) is 0 Å². The molecular weight excluding hydrogens is 380 g/mol.